The van der Waals surface area contributed by atoms with Gasteiger partial charge in [0.15, 0.2) is 0 Å². The molecule has 15 heavy (non-hydrogen) atoms. The second-order valence-electron chi connectivity index (χ2n) is 3.21. The summed E-state index contributed by atoms with van der Waals surface area (Å²) in [6.45, 7) is 0. The maximum absolute atomic E-state index is 11.3. The van der Waals surface area contributed by atoms with Crippen molar-refractivity contribution in [3.8, 4) is 0 Å². The van der Waals surface area contributed by atoms with Gasteiger partial charge >= 0.3 is 0 Å². The monoisotopic (exact) mass is 285 g/mol. The molecule has 1 atom stereocenters. The van der Waals surface area contributed by atoms with Gasteiger partial charge in [-0.25, -0.2) is 0 Å². The van der Waals surface area contributed by atoms with E-state index in [9.17, 15) is 9.59 Å². The topological polar surface area (TPSA) is 46.2 Å². The van der Waals surface area contributed by atoms with Crippen LogP contribution in [0.1, 0.15) is 5.56 Å². The number of thioether (sulfide) groups is 1. The molecule has 1 aliphatic rings. The number of benzene rings is 1. The quantitative estimate of drug-likeness (QED) is 0.907. The number of imide groups is 1. The lowest BCUT2D eigenvalue weighted by molar-refractivity contribution is -0.118. The molecule has 1 heterocycles. The van der Waals surface area contributed by atoms with Crippen molar-refractivity contribution in [3.05, 3.63) is 34.3 Å². The highest BCUT2D eigenvalue weighted by molar-refractivity contribution is 9.10. The Labute approximate surface area is 99.7 Å². The number of carbonyl (C=O) groups is 2. The van der Waals surface area contributed by atoms with Crippen LogP contribution < -0.4 is 5.32 Å². The van der Waals surface area contributed by atoms with Crippen LogP contribution in [0.3, 0.4) is 0 Å². The zero-order valence-electron chi connectivity index (χ0n) is 7.70. The molecular weight excluding hydrogens is 278 g/mol. The average Bonchev–Trinajstić information content (AvgIpc) is 2.49. The molecule has 0 aliphatic carbocycles. The highest BCUT2D eigenvalue weighted by atomic mass is 79.9. The van der Waals surface area contributed by atoms with Crippen molar-refractivity contribution in [3.63, 3.8) is 0 Å². The summed E-state index contributed by atoms with van der Waals surface area (Å²) in [5.41, 5.74) is 1.06. The first-order valence-electron chi connectivity index (χ1n) is 4.41. The SMILES string of the molecule is O=C1NC(=O)[C@@H](Cc2ccc(Br)cc2)S1. The molecular formula is C10H8BrNO2S. The van der Waals surface area contributed by atoms with Gasteiger partial charge in [0.2, 0.25) is 5.91 Å². The number of carbonyl (C=O) groups excluding carboxylic acids is 2. The molecule has 1 fully saturated rings. The Morgan fingerprint density at radius 3 is 2.47 bits per heavy atom. The lowest BCUT2D eigenvalue weighted by Crippen LogP contribution is -2.25. The van der Waals surface area contributed by atoms with Crippen molar-refractivity contribution in [1.29, 1.82) is 0 Å². The van der Waals surface area contributed by atoms with Gasteiger partial charge in [0, 0.05) is 4.47 Å². The standard InChI is InChI=1S/C10H8BrNO2S/c11-7-3-1-6(2-4-7)5-8-9(13)12-10(14)15-8/h1-4,8H,5H2,(H,12,13,14)/t8-/m1/s1. The minimum absolute atomic E-state index is 0.187. The molecule has 1 aromatic rings. The lowest BCUT2D eigenvalue weighted by atomic mass is 10.1. The molecule has 0 radical (unpaired) electrons. The van der Waals surface area contributed by atoms with E-state index in [1.807, 2.05) is 24.3 Å². The van der Waals surface area contributed by atoms with E-state index in [4.69, 9.17) is 0 Å². The predicted molar refractivity (Wildman–Crippen MR) is 62.8 cm³/mol. The van der Waals surface area contributed by atoms with Crippen molar-refractivity contribution in [2.45, 2.75) is 11.7 Å². The second kappa shape index (κ2) is 4.37. The minimum atomic E-state index is -0.279. The third-order valence-corrected chi connectivity index (χ3v) is 3.61. The van der Waals surface area contributed by atoms with Gasteiger partial charge in [0.05, 0.1) is 5.25 Å². The van der Waals surface area contributed by atoms with Gasteiger partial charge in [-0.1, -0.05) is 39.8 Å². The Bertz CT molecular complexity index is 404. The van der Waals surface area contributed by atoms with Crippen LogP contribution in [-0.2, 0) is 11.2 Å². The molecule has 0 bridgehead atoms. The van der Waals surface area contributed by atoms with Gasteiger partial charge in [0.1, 0.15) is 0 Å². The van der Waals surface area contributed by atoms with Crippen LogP contribution in [0.15, 0.2) is 28.7 Å². The summed E-state index contributed by atoms with van der Waals surface area (Å²) in [5, 5.41) is 1.75. The van der Waals surface area contributed by atoms with Crippen LogP contribution in [-0.4, -0.2) is 16.4 Å². The molecule has 1 aromatic carbocycles. The third kappa shape index (κ3) is 2.60. The highest BCUT2D eigenvalue weighted by Crippen LogP contribution is 2.23. The lowest BCUT2D eigenvalue weighted by Gasteiger charge is -2.04. The molecule has 3 nitrogen and oxygen atoms in total. The van der Waals surface area contributed by atoms with Crippen LogP contribution in [0.2, 0.25) is 0 Å². The summed E-state index contributed by atoms with van der Waals surface area (Å²) in [6.07, 6.45) is 0.593. The van der Waals surface area contributed by atoms with Crippen LogP contribution in [0.5, 0.6) is 0 Å². The van der Waals surface area contributed by atoms with Gasteiger partial charge < -0.3 is 0 Å². The summed E-state index contributed by atoms with van der Waals surface area (Å²) in [7, 11) is 0. The van der Waals surface area contributed by atoms with E-state index in [1.165, 1.54) is 0 Å². The van der Waals surface area contributed by atoms with E-state index >= 15 is 0 Å². The van der Waals surface area contributed by atoms with Crippen molar-refractivity contribution >= 4 is 38.8 Å². The van der Waals surface area contributed by atoms with Gasteiger partial charge in [-0.15, -0.1) is 0 Å². The van der Waals surface area contributed by atoms with Crippen molar-refractivity contribution in [2.75, 3.05) is 0 Å². The van der Waals surface area contributed by atoms with Gasteiger partial charge in [-0.3, -0.25) is 14.9 Å². The Balaban J connectivity index is 2.06. The first-order chi connectivity index (χ1) is 7.15. The first kappa shape index (κ1) is 10.7. The Morgan fingerprint density at radius 2 is 1.93 bits per heavy atom. The Hall–Kier alpha value is -0.810. The predicted octanol–water partition coefficient (Wildman–Crippen LogP) is 2.34. The van der Waals surface area contributed by atoms with E-state index in [1.54, 1.807) is 0 Å². The van der Waals surface area contributed by atoms with Crippen LogP contribution in [0, 0.1) is 0 Å². The fourth-order valence-corrected chi connectivity index (χ4v) is 2.49. The molecule has 1 N–H and O–H groups in total. The van der Waals surface area contributed by atoms with E-state index in [0.717, 1.165) is 21.8 Å². The summed E-state index contributed by atoms with van der Waals surface area (Å²) in [5.74, 6) is -0.187. The molecule has 0 unspecified atom stereocenters. The molecule has 0 saturated carbocycles. The van der Waals surface area contributed by atoms with Gasteiger partial charge in [0.25, 0.3) is 5.24 Å². The van der Waals surface area contributed by atoms with Crippen molar-refractivity contribution in [1.82, 2.24) is 5.32 Å². The van der Waals surface area contributed by atoms with Gasteiger partial charge in [-0.2, -0.15) is 0 Å². The largest absolute Gasteiger partial charge is 0.286 e. The van der Waals surface area contributed by atoms with Crippen molar-refractivity contribution < 1.29 is 9.59 Å². The molecule has 1 aliphatic heterocycles. The molecule has 5 heteroatoms. The fourth-order valence-electron chi connectivity index (χ4n) is 1.36. The van der Waals surface area contributed by atoms with Crippen molar-refractivity contribution in [2.24, 2.45) is 0 Å². The molecule has 0 spiro atoms. The summed E-state index contributed by atoms with van der Waals surface area (Å²) < 4.78 is 1.01. The number of nitrogens with one attached hydrogen (secondary N) is 1. The minimum Gasteiger partial charge on any atom is -0.286 e. The fraction of sp³-hybridized carbons (Fsp3) is 0.200. The van der Waals surface area contributed by atoms with E-state index in [2.05, 4.69) is 21.2 Å². The summed E-state index contributed by atoms with van der Waals surface area (Å²) in [6, 6.07) is 7.74. The molecule has 2 rings (SSSR count). The molecule has 1 saturated heterocycles. The van der Waals surface area contributed by atoms with E-state index in [-0.39, 0.29) is 16.4 Å². The normalized spacial score (nSPS) is 20.5. The zero-order chi connectivity index (χ0) is 10.8. The number of rotatable bonds is 2. The number of hydrogen-bond donors (Lipinski definition) is 1. The summed E-state index contributed by atoms with van der Waals surface area (Å²) in [4.78, 5) is 22.2. The maximum Gasteiger partial charge on any atom is 0.286 e. The average molecular weight is 286 g/mol. The number of hydrogen-bond acceptors (Lipinski definition) is 3. The molecule has 78 valence electrons. The number of amides is 2. The second-order valence-corrected chi connectivity index (χ2v) is 5.30. The smallest absolute Gasteiger partial charge is 0.286 e. The Kier molecular flexibility index (Phi) is 3.11. The van der Waals surface area contributed by atoms with E-state index < -0.39 is 0 Å². The zero-order valence-corrected chi connectivity index (χ0v) is 10.1. The van der Waals surface area contributed by atoms with Crippen LogP contribution in [0.25, 0.3) is 0 Å². The van der Waals surface area contributed by atoms with Crippen LogP contribution >= 0.6 is 27.7 Å². The number of halogens is 1. The molecule has 0 aromatic heterocycles. The summed E-state index contributed by atoms with van der Waals surface area (Å²) >= 11 is 4.40. The maximum atomic E-state index is 11.3. The molecule has 2 amide bonds. The Morgan fingerprint density at radius 1 is 1.27 bits per heavy atom. The van der Waals surface area contributed by atoms with Crippen LogP contribution in [0.4, 0.5) is 4.79 Å². The van der Waals surface area contributed by atoms with Gasteiger partial charge in [-0.05, 0) is 24.1 Å². The first-order valence-corrected chi connectivity index (χ1v) is 6.08. The van der Waals surface area contributed by atoms with E-state index in [0.29, 0.717) is 6.42 Å². The third-order valence-electron chi connectivity index (χ3n) is 2.10. The highest BCUT2D eigenvalue weighted by Gasteiger charge is 2.31.